The van der Waals surface area contributed by atoms with Crippen molar-refractivity contribution < 1.29 is 0 Å². The molecule has 0 fully saturated rings. The zero-order valence-electron chi connectivity index (χ0n) is 18.0. The minimum Gasteiger partial charge on any atom is -0.0619 e. The summed E-state index contributed by atoms with van der Waals surface area (Å²) >= 11 is 0. The molecule has 0 radical (unpaired) electrons. The van der Waals surface area contributed by atoms with Gasteiger partial charge in [-0.25, -0.2) is 0 Å². The fraction of sp³-hybridized carbons (Fsp3) is 0.0625. The third-order valence-corrected chi connectivity index (χ3v) is 7.11. The quantitative estimate of drug-likeness (QED) is 0.252. The number of hydrogen-bond acceptors (Lipinski definition) is 0. The Hall–Kier alpha value is -3.90. The lowest BCUT2D eigenvalue weighted by Gasteiger charge is -2.17. The van der Waals surface area contributed by atoms with E-state index < -0.39 is 0 Å². The smallest absolute Gasteiger partial charge is 0.00135 e. The molecule has 0 N–H and O–H groups in total. The largest absolute Gasteiger partial charge is 0.0619 e. The van der Waals surface area contributed by atoms with Crippen molar-refractivity contribution in [2.24, 2.45) is 0 Å². The van der Waals surface area contributed by atoms with Crippen LogP contribution in [-0.4, -0.2) is 0 Å². The van der Waals surface area contributed by atoms with Gasteiger partial charge in [-0.05, 0) is 79.1 Å². The van der Waals surface area contributed by atoms with Gasteiger partial charge in [0.05, 0.1) is 0 Å². The molecular weight excluding hydrogens is 384 g/mol. The summed E-state index contributed by atoms with van der Waals surface area (Å²) in [6, 6.07) is 36.0. The molecule has 0 bridgehead atoms. The molecule has 0 unspecified atom stereocenters. The van der Waals surface area contributed by atoms with Crippen LogP contribution in [0.3, 0.4) is 0 Å². The summed E-state index contributed by atoms with van der Waals surface area (Å²) < 4.78 is 0. The maximum absolute atomic E-state index is 2.37. The summed E-state index contributed by atoms with van der Waals surface area (Å²) in [6.07, 6.45) is 3.38. The maximum atomic E-state index is 2.37. The Bertz CT molecular complexity index is 1700. The van der Waals surface area contributed by atoms with Gasteiger partial charge in [0.25, 0.3) is 0 Å². The Morgan fingerprint density at radius 2 is 1.28 bits per heavy atom. The SMILES string of the molecule is Cc1cccc(-c2ccc3ccc4c(C5=Cc6ccccc6C5)ccc5ccc2c3c54)c1. The summed E-state index contributed by atoms with van der Waals surface area (Å²) in [4.78, 5) is 0. The van der Waals surface area contributed by atoms with Gasteiger partial charge in [0.15, 0.2) is 0 Å². The summed E-state index contributed by atoms with van der Waals surface area (Å²) in [7, 11) is 0. The summed E-state index contributed by atoms with van der Waals surface area (Å²) in [6.45, 7) is 2.17. The predicted molar refractivity (Wildman–Crippen MR) is 138 cm³/mol. The molecule has 0 saturated carbocycles. The third kappa shape index (κ3) is 2.50. The van der Waals surface area contributed by atoms with Crippen molar-refractivity contribution in [1.82, 2.24) is 0 Å². The van der Waals surface area contributed by atoms with E-state index in [0.29, 0.717) is 0 Å². The molecule has 150 valence electrons. The van der Waals surface area contributed by atoms with E-state index >= 15 is 0 Å². The monoisotopic (exact) mass is 406 g/mol. The second-order valence-electron chi connectivity index (χ2n) is 9.06. The van der Waals surface area contributed by atoms with E-state index in [1.54, 1.807) is 0 Å². The van der Waals surface area contributed by atoms with Gasteiger partial charge in [-0.3, -0.25) is 0 Å². The minimum atomic E-state index is 1.01. The van der Waals surface area contributed by atoms with Crippen molar-refractivity contribution in [3.63, 3.8) is 0 Å². The van der Waals surface area contributed by atoms with Crippen molar-refractivity contribution in [3.8, 4) is 11.1 Å². The first-order valence-electron chi connectivity index (χ1n) is 11.3. The lowest BCUT2D eigenvalue weighted by Crippen LogP contribution is -1.92. The highest BCUT2D eigenvalue weighted by Crippen LogP contribution is 2.43. The van der Waals surface area contributed by atoms with Gasteiger partial charge in [-0.15, -0.1) is 0 Å². The summed E-state index contributed by atoms with van der Waals surface area (Å²) in [5.41, 5.74) is 9.46. The van der Waals surface area contributed by atoms with Gasteiger partial charge < -0.3 is 0 Å². The highest BCUT2D eigenvalue weighted by atomic mass is 14.2. The van der Waals surface area contributed by atoms with E-state index in [2.05, 4.69) is 110 Å². The standard InChI is InChI=1S/C32H22/c1-20-5-4-8-25(17-20)27-13-9-21-12-16-30-28(26-18-23-6-2-3-7-24(23)19-26)14-10-22-11-15-29(27)31(21)32(22)30/h2-18H,19H2,1H3. The van der Waals surface area contributed by atoms with Crippen molar-refractivity contribution in [1.29, 1.82) is 0 Å². The highest BCUT2D eigenvalue weighted by molar-refractivity contribution is 6.27. The molecule has 7 rings (SSSR count). The molecule has 0 heteroatoms. The van der Waals surface area contributed by atoms with Crippen LogP contribution in [0.2, 0.25) is 0 Å². The van der Waals surface area contributed by atoms with E-state index in [0.717, 1.165) is 6.42 Å². The molecular formula is C32H22. The average Bonchev–Trinajstić information content (AvgIpc) is 3.26. The van der Waals surface area contributed by atoms with Gasteiger partial charge >= 0.3 is 0 Å². The Labute approximate surface area is 187 Å². The van der Waals surface area contributed by atoms with Crippen molar-refractivity contribution in [2.75, 3.05) is 0 Å². The molecule has 0 aromatic heterocycles. The van der Waals surface area contributed by atoms with Crippen LogP contribution in [0.1, 0.15) is 22.3 Å². The number of aryl methyl sites for hydroxylation is 1. The number of benzene rings is 6. The fourth-order valence-electron chi connectivity index (χ4n) is 5.60. The second-order valence-corrected chi connectivity index (χ2v) is 9.06. The highest BCUT2D eigenvalue weighted by Gasteiger charge is 2.18. The van der Waals surface area contributed by atoms with Crippen LogP contribution in [0, 0.1) is 6.92 Å². The number of hydrogen-bond donors (Lipinski definition) is 0. The Kier molecular flexibility index (Phi) is 3.63. The molecule has 1 aliphatic rings. The molecule has 0 nitrogen and oxygen atoms in total. The summed E-state index contributed by atoms with van der Waals surface area (Å²) in [5.74, 6) is 0. The van der Waals surface area contributed by atoms with E-state index in [1.807, 2.05) is 0 Å². The van der Waals surface area contributed by atoms with Gasteiger partial charge in [0, 0.05) is 0 Å². The molecule has 1 aliphatic carbocycles. The van der Waals surface area contributed by atoms with E-state index in [-0.39, 0.29) is 0 Å². The van der Waals surface area contributed by atoms with Crippen LogP contribution >= 0.6 is 0 Å². The zero-order valence-corrected chi connectivity index (χ0v) is 18.0. The third-order valence-electron chi connectivity index (χ3n) is 7.11. The molecule has 0 spiro atoms. The van der Waals surface area contributed by atoms with E-state index in [1.165, 1.54) is 71.3 Å². The van der Waals surface area contributed by atoms with Crippen LogP contribution in [0.25, 0.3) is 55.1 Å². The van der Waals surface area contributed by atoms with Crippen molar-refractivity contribution in [2.45, 2.75) is 13.3 Å². The first-order valence-corrected chi connectivity index (χ1v) is 11.3. The molecule has 32 heavy (non-hydrogen) atoms. The second kappa shape index (κ2) is 6.55. The van der Waals surface area contributed by atoms with Gasteiger partial charge in [0.1, 0.15) is 0 Å². The van der Waals surface area contributed by atoms with Crippen molar-refractivity contribution >= 4 is 44.0 Å². The molecule has 6 aromatic carbocycles. The number of rotatable bonds is 2. The first-order chi connectivity index (χ1) is 15.8. The normalized spacial score (nSPS) is 13.2. The van der Waals surface area contributed by atoms with Crippen LogP contribution in [0.15, 0.2) is 97.1 Å². The molecule has 0 heterocycles. The van der Waals surface area contributed by atoms with Crippen LogP contribution in [0.5, 0.6) is 0 Å². The van der Waals surface area contributed by atoms with Gasteiger partial charge in [-0.1, -0.05) is 109 Å². The van der Waals surface area contributed by atoms with Crippen LogP contribution < -0.4 is 0 Å². The van der Waals surface area contributed by atoms with Crippen molar-refractivity contribution in [3.05, 3.63) is 119 Å². The molecule has 0 atom stereocenters. The number of allylic oxidation sites excluding steroid dienone is 1. The molecule has 0 amide bonds. The Morgan fingerprint density at radius 3 is 2.03 bits per heavy atom. The predicted octanol–water partition coefficient (Wildman–Crippen LogP) is 8.66. The topological polar surface area (TPSA) is 0 Å². The minimum absolute atomic E-state index is 1.01. The Balaban J connectivity index is 1.52. The van der Waals surface area contributed by atoms with Gasteiger partial charge in [0.2, 0.25) is 0 Å². The van der Waals surface area contributed by atoms with Crippen LogP contribution in [-0.2, 0) is 6.42 Å². The van der Waals surface area contributed by atoms with Crippen LogP contribution in [0.4, 0.5) is 0 Å². The molecule has 0 aliphatic heterocycles. The molecule has 0 saturated heterocycles. The average molecular weight is 407 g/mol. The fourth-order valence-corrected chi connectivity index (χ4v) is 5.60. The zero-order chi connectivity index (χ0) is 21.2. The first kappa shape index (κ1) is 17.7. The lowest BCUT2D eigenvalue weighted by atomic mass is 9.87. The number of fused-ring (bicyclic) bond motifs is 1. The summed E-state index contributed by atoms with van der Waals surface area (Å²) in [5, 5.41) is 8.11. The van der Waals surface area contributed by atoms with E-state index in [4.69, 9.17) is 0 Å². The maximum Gasteiger partial charge on any atom is -0.00135 e. The van der Waals surface area contributed by atoms with E-state index in [9.17, 15) is 0 Å². The lowest BCUT2D eigenvalue weighted by molar-refractivity contribution is 1.32. The molecule has 6 aromatic rings. The van der Waals surface area contributed by atoms with Gasteiger partial charge in [-0.2, -0.15) is 0 Å². The Morgan fingerprint density at radius 1 is 0.594 bits per heavy atom.